The molecular formula is C11H16BrNS. The highest BCUT2D eigenvalue weighted by Gasteiger charge is 1.95. The molecule has 0 spiro atoms. The Kier molecular flexibility index (Phi) is 6.28. The van der Waals surface area contributed by atoms with E-state index >= 15 is 0 Å². The van der Waals surface area contributed by atoms with Crippen LogP contribution in [0.15, 0.2) is 22.8 Å². The fourth-order valence-corrected chi connectivity index (χ4v) is 2.29. The van der Waals surface area contributed by atoms with Crippen molar-refractivity contribution in [2.75, 3.05) is 5.75 Å². The molecule has 3 heteroatoms. The Hall–Kier alpha value is -0.0200. The Labute approximate surface area is 98.8 Å². The van der Waals surface area contributed by atoms with Gasteiger partial charge in [-0.1, -0.05) is 19.8 Å². The van der Waals surface area contributed by atoms with Gasteiger partial charge in [0.25, 0.3) is 0 Å². The zero-order chi connectivity index (χ0) is 10.2. The molecule has 0 unspecified atom stereocenters. The first kappa shape index (κ1) is 12.1. The number of halogens is 1. The molecule has 0 bridgehead atoms. The number of hydrogen-bond donors (Lipinski definition) is 0. The fourth-order valence-electron chi connectivity index (χ4n) is 1.12. The maximum Gasteiger partial charge on any atom is 0.0503 e. The second kappa shape index (κ2) is 7.30. The molecule has 0 amide bonds. The van der Waals surface area contributed by atoms with E-state index in [1.165, 1.54) is 30.7 Å². The minimum absolute atomic E-state index is 1.04. The summed E-state index contributed by atoms with van der Waals surface area (Å²) in [5, 5.41) is 0. The lowest BCUT2D eigenvalue weighted by molar-refractivity contribution is 0.778. The van der Waals surface area contributed by atoms with Crippen LogP contribution in [0.2, 0.25) is 0 Å². The first-order valence-electron chi connectivity index (χ1n) is 5.01. The molecule has 0 saturated heterocycles. The number of unbranched alkanes of at least 4 members (excludes halogenated alkanes) is 2. The van der Waals surface area contributed by atoms with Gasteiger partial charge >= 0.3 is 0 Å². The summed E-state index contributed by atoms with van der Waals surface area (Å²) in [6.07, 6.45) is 5.84. The number of pyridine rings is 1. The van der Waals surface area contributed by atoms with Gasteiger partial charge in [0.15, 0.2) is 0 Å². The molecule has 1 rings (SSSR count). The summed E-state index contributed by atoms with van der Waals surface area (Å²) in [6.45, 7) is 2.24. The summed E-state index contributed by atoms with van der Waals surface area (Å²) in [5.41, 5.74) is 1.18. The number of hydrogen-bond acceptors (Lipinski definition) is 2. The lowest BCUT2D eigenvalue weighted by Crippen LogP contribution is -1.87. The molecule has 1 aromatic rings. The first-order chi connectivity index (χ1) is 6.83. The Morgan fingerprint density at radius 3 is 2.86 bits per heavy atom. The van der Waals surface area contributed by atoms with Crippen LogP contribution in [0.4, 0.5) is 0 Å². The van der Waals surface area contributed by atoms with Crippen molar-refractivity contribution in [3.8, 4) is 0 Å². The maximum atomic E-state index is 4.33. The number of thioether (sulfide) groups is 1. The minimum atomic E-state index is 1.04. The van der Waals surface area contributed by atoms with Crippen LogP contribution < -0.4 is 0 Å². The highest BCUT2D eigenvalue weighted by atomic mass is 79.9. The number of rotatable bonds is 6. The SMILES string of the molecule is CCCCCSCc1ccc(Br)cn1. The van der Waals surface area contributed by atoms with Crippen LogP contribution in [-0.4, -0.2) is 10.7 Å². The van der Waals surface area contributed by atoms with Crippen molar-refractivity contribution < 1.29 is 0 Å². The summed E-state index contributed by atoms with van der Waals surface area (Å²) in [5.74, 6) is 2.29. The van der Waals surface area contributed by atoms with Crippen molar-refractivity contribution in [1.82, 2.24) is 4.98 Å². The summed E-state index contributed by atoms with van der Waals surface area (Å²) >= 11 is 5.35. The Bertz CT molecular complexity index is 248. The van der Waals surface area contributed by atoms with E-state index in [-0.39, 0.29) is 0 Å². The topological polar surface area (TPSA) is 12.9 Å². The van der Waals surface area contributed by atoms with Gasteiger partial charge in [-0.3, -0.25) is 4.98 Å². The largest absolute Gasteiger partial charge is 0.259 e. The maximum absolute atomic E-state index is 4.33. The normalized spacial score (nSPS) is 10.4. The minimum Gasteiger partial charge on any atom is -0.259 e. The van der Waals surface area contributed by atoms with Crippen LogP contribution in [0.3, 0.4) is 0 Å². The fraction of sp³-hybridized carbons (Fsp3) is 0.545. The Morgan fingerprint density at radius 1 is 1.36 bits per heavy atom. The van der Waals surface area contributed by atoms with Crippen LogP contribution in [0.1, 0.15) is 31.9 Å². The van der Waals surface area contributed by atoms with Crippen molar-refractivity contribution in [3.63, 3.8) is 0 Å². The van der Waals surface area contributed by atoms with Gasteiger partial charge in [-0.25, -0.2) is 0 Å². The van der Waals surface area contributed by atoms with E-state index in [4.69, 9.17) is 0 Å². The third-order valence-corrected chi connectivity index (χ3v) is 3.48. The van der Waals surface area contributed by atoms with Gasteiger partial charge in [-0.05, 0) is 40.2 Å². The van der Waals surface area contributed by atoms with Crippen LogP contribution in [0, 0.1) is 0 Å². The molecular weight excluding hydrogens is 258 g/mol. The molecule has 78 valence electrons. The van der Waals surface area contributed by atoms with Crippen LogP contribution in [-0.2, 0) is 5.75 Å². The second-order valence-corrected chi connectivity index (χ2v) is 5.25. The molecule has 0 aliphatic rings. The molecule has 1 nitrogen and oxygen atoms in total. The van der Waals surface area contributed by atoms with Crippen LogP contribution >= 0.6 is 27.7 Å². The van der Waals surface area contributed by atoms with E-state index < -0.39 is 0 Å². The molecule has 0 aromatic carbocycles. The highest BCUT2D eigenvalue weighted by Crippen LogP contribution is 2.14. The number of nitrogens with zero attached hydrogens (tertiary/aromatic N) is 1. The molecule has 0 saturated carbocycles. The molecule has 0 radical (unpaired) electrons. The predicted octanol–water partition coefficient (Wildman–Crippen LogP) is 4.27. The predicted molar refractivity (Wildman–Crippen MR) is 67.6 cm³/mol. The molecule has 1 heterocycles. The third-order valence-electron chi connectivity index (χ3n) is 1.93. The molecule has 0 fully saturated rings. The van der Waals surface area contributed by atoms with E-state index in [1.54, 1.807) is 0 Å². The van der Waals surface area contributed by atoms with Gasteiger partial charge in [-0.15, -0.1) is 0 Å². The zero-order valence-electron chi connectivity index (χ0n) is 8.50. The van der Waals surface area contributed by atoms with Crippen molar-refractivity contribution in [3.05, 3.63) is 28.5 Å². The van der Waals surface area contributed by atoms with Crippen LogP contribution in [0.25, 0.3) is 0 Å². The van der Waals surface area contributed by atoms with E-state index in [1.807, 2.05) is 18.0 Å². The van der Waals surface area contributed by atoms with E-state index in [2.05, 4.69) is 40.0 Å². The van der Waals surface area contributed by atoms with Gasteiger partial charge in [-0.2, -0.15) is 11.8 Å². The Balaban J connectivity index is 2.15. The average Bonchev–Trinajstić information content (AvgIpc) is 2.21. The van der Waals surface area contributed by atoms with E-state index in [0.29, 0.717) is 0 Å². The smallest absolute Gasteiger partial charge is 0.0503 e. The van der Waals surface area contributed by atoms with E-state index in [0.717, 1.165) is 10.2 Å². The molecule has 0 atom stereocenters. The quantitative estimate of drug-likeness (QED) is 0.718. The zero-order valence-corrected chi connectivity index (χ0v) is 10.9. The summed E-state index contributed by atoms with van der Waals surface area (Å²) < 4.78 is 1.05. The molecule has 14 heavy (non-hydrogen) atoms. The average molecular weight is 274 g/mol. The third kappa shape index (κ3) is 5.01. The number of aromatic nitrogens is 1. The van der Waals surface area contributed by atoms with Gasteiger partial charge in [0.1, 0.15) is 0 Å². The summed E-state index contributed by atoms with van der Waals surface area (Å²) in [7, 11) is 0. The standard InChI is InChI=1S/C11H16BrNS/c1-2-3-4-7-14-9-11-6-5-10(12)8-13-11/h5-6,8H,2-4,7,9H2,1H3. The molecule has 1 aromatic heterocycles. The van der Waals surface area contributed by atoms with Crippen LogP contribution in [0.5, 0.6) is 0 Å². The first-order valence-corrected chi connectivity index (χ1v) is 6.96. The van der Waals surface area contributed by atoms with Crippen molar-refractivity contribution in [1.29, 1.82) is 0 Å². The lowest BCUT2D eigenvalue weighted by atomic mass is 10.3. The Morgan fingerprint density at radius 2 is 2.21 bits per heavy atom. The van der Waals surface area contributed by atoms with E-state index in [9.17, 15) is 0 Å². The van der Waals surface area contributed by atoms with Gasteiger partial charge in [0.2, 0.25) is 0 Å². The molecule has 0 N–H and O–H groups in total. The lowest BCUT2D eigenvalue weighted by Gasteiger charge is -2.00. The monoisotopic (exact) mass is 273 g/mol. The van der Waals surface area contributed by atoms with Gasteiger partial charge < -0.3 is 0 Å². The highest BCUT2D eigenvalue weighted by molar-refractivity contribution is 9.10. The van der Waals surface area contributed by atoms with Gasteiger partial charge in [0.05, 0.1) is 5.69 Å². The van der Waals surface area contributed by atoms with Crippen molar-refractivity contribution >= 4 is 27.7 Å². The molecule has 0 aliphatic carbocycles. The van der Waals surface area contributed by atoms with Gasteiger partial charge in [0, 0.05) is 16.4 Å². The summed E-state index contributed by atoms with van der Waals surface area (Å²) in [4.78, 5) is 4.33. The molecule has 0 aliphatic heterocycles. The second-order valence-electron chi connectivity index (χ2n) is 3.23. The van der Waals surface area contributed by atoms with Crippen molar-refractivity contribution in [2.45, 2.75) is 31.9 Å². The summed E-state index contributed by atoms with van der Waals surface area (Å²) in [6, 6.07) is 4.13. The van der Waals surface area contributed by atoms with Crippen molar-refractivity contribution in [2.24, 2.45) is 0 Å².